The molecule has 2 N–H and O–H groups in total. The van der Waals surface area contributed by atoms with Crippen LogP contribution < -0.4 is 14.8 Å². The molecule has 0 fully saturated rings. The molecule has 2 heterocycles. The fourth-order valence-corrected chi connectivity index (χ4v) is 3.30. The summed E-state index contributed by atoms with van der Waals surface area (Å²) in [6.07, 6.45) is 3.03. The number of hydrogen-bond acceptors (Lipinski definition) is 5. The smallest absolute Gasteiger partial charge is 0.126 e. The summed E-state index contributed by atoms with van der Waals surface area (Å²) >= 11 is 1.68. The number of ether oxygens (including phenoxy) is 2. The molecule has 4 nitrogen and oxygen atoms in total. The Morgan fingerprint density at radius 1 is 1.35 bits per heavy atom. The van der Waals surface area contributed by atoms with Crippen molar-refractivity contribution in [3.63, 3.8) is 0 Å². The SMILES string of the molecule is OCCCNCC1CCc2ccc(OCc3ccsc3)cc2O1. The van der Waals surface area contributed by atoms with Crippen molar-refractivity contribution in [1.82, 2.24) is 5.32 Å². The van der Waals surface area contributed by atoms with E-state index in [1.807, 2.05) is 12.1 Å². The summed E-state index contributed by atoms with van der Waals surface area (Å²) in [6.45, 7) is 2.47. The van der Waals surface area contributed by atoms with E-state index >= 15 is 0 Å². The summed E-state index contributed by atoms with van der Waals surface area (Å²) in [7, 11) is 0. The maximum Gasteiger partial charge on any atom is 0.126 e. The topological polar surface area (TPSA) is 50.7 Å². The van der Waals surface area contributed by atoms with Crippen LogP contribution in [-0.4, -0.2) is 30.9 Å². The standard InChI is InChI=1S/C18H23NO3S/c20-8-1-7-19-11-17-5-3-15-2-4-16(10-18(15)22-17)21-12-14-6-9-23-13-14/h2,4,6,9-10,13,17,19-20H,1,3,5,7-8,11-12H2. The lowest BCUT2D eigenvalue weighted by atomic mass is 10.0. The van der Waals surface area contributed by atoms with Crippen molar-refractivity contribution >= 4 is 11.3 Å². The second-order valence-electron chi connectivity index (χ2n) is 5.75. The second kappa shape index (κ2) is 8.34. The van der Waals surface area contributed by atoms with E-state index in [4.69, 9.17) is 14.6 Å². The number of benzene rings is 1. The molecule has 0 bridgehead atoms. The fourth-order valence-electron chi connectivity index (χ4n) is 2.65. The van der Waals surface area contributed by atoms with Crippen LogP contribution in [0.2, 0.25) is 0 Å². The van der Waals surface area contributed by atoms with Gasteiger partial charge in [-0.1, -0.05) is 6.07 Å². The predicted octanol–water partition coefficient (Wildman–Crippen LogP) is 2.99. The first-order chi connectivity index (χ1) is 11.3. The Bertz CT molecular complexity index is 600. The van der Waals surface area contributed by atoms with Gasteiger partial charge in [0.1, 0.15) is 24.2 Å². The molecule has 124 valence electrons. The molecule has 0 aliphatic carbocycles. The average Bonchev–Trinajstić information content (AvgIpc) is 3.10. The molecule has 0 saturated carbocycles. The van der Waals surface area contributed by atoms with Gasteiger partial charge in [-0.25, -0.2) is 0 Å². The third-order valence-electron chi connectivity index (χ3n) is 3.94. The van der Waals surface area contributed by atoms with E-state index in [1.165, 1.54) is 11.1 Å². The van der Waals surface area contributed by atoms with Gasteiger partial charge in [0.15, 0.2) is 0 Å². The highest BCUT2D eigenvalue weighted by molar-refractivity contribution is 7.07. The van der Waals surface area contributed by atoms with Crippen LogP contribution in [0.5, 0.6) is 11.5 Å². The normalized spacial score (nSPS) is 16.7. The van der Waals surface area contributed by atoms with Gasteiger partial charge in [0.05, 0.1) is 0 Å². The monoisotopic (exact) mass is 333 g/mol. The van der Waals surface area contributed by atoms with Crippen molar-refractivity contribution < 1.29 is 14.6 Å². The summed E-state index contributed by atoms with van der Waals surface area (Å²) in [5.41, 5.74) is 2.44. The Morgan fingerprint density at radius 2 is 2.30 bits per heavy atom. The van der Waals surface area contributed by atoms with E-state index in [9.17, 15) is 0 Å². The average molecular weight is 333 g/mol. The minimum Gasteiger partial charge on any atom is -0.489 e. The summed E-state index contributed by atoms with van der Waals surface area (Å²) in [4.78, 5) is 0. The minimum absolute atomic E-state index is 0.188. The van der Waals surface area contributed by atoms with Crippen LogP contribution in [0.4, 0.5) is 0 Å². The van der Waals surface area contributed by atoms with E-state index in [-0.39, 0.29) is 12.7 Å². The minimum atomic E-state index is 0.188. The van der Waals surface area contributed by atoms with Gasteiger partial charge in [0.2, 0.25) is 0 Å². The third kappa shape index (κ3) is 4.70. The predicted molar refractivity (Wildman–Crippen MR) is 92.4 cm³/mol. The number of aryl methyl sites for hydroxylation is 1. The van der Waals surface area contributed by atoms with Crippen molar-refractivity contribution in [3.8, 4) is 11.5 Å². The quantitative estimate of drug-likeness (QED) is 0.729. The van der Waals surface area contributed by atoms with Crippen LogP contribution >= 0.6 is 11.3 Å². The zero-order chi connectivity index (χ0) is 15.9. The maximum absolute atomic E-state index is 8.80. The summed E-state index contributed by atoms with van der Waals surface area (Å²) < 4.78 is 11.9. The first-order valence-corrected chi connectivity index (χ1v) is 9.04. The number of nitrogens with one attached hydrogen (secondary N) is 1. The lowest BCUT2D eigenvalue weighted by molar-refractivity contribution is 0.168. The van der Waals surface area contributed by atoms with Gasteiger partial charge in [-0.3, -0.25) is 0 Å². The van der Waals surface area contributed by atoms with Crippen LogP contribution in [0.25, 0.3) is 0 Å². The molecule has 1 aliphatic heterocycles. The van der Waals surface area contributed by atoms with Crippen LogP contribution in [0.3, 0.4) is 0 Å². The Morgan fingerprint density at radius 3 is 3.13 bits per heavy atom. The van der Waals surface area contributed by atoms with Crippen molar-refractivity contribution in [2.75, 3.05) is 19.7 Å². The van der Waals surface area contributed by atoms with E-state index in [0.717, 1.165) is 43.9 Å². The molecule has 0 saturated heterocycles. The Kier molecular flexibility index (Phi) is 5.91. The highest BCUT2D eigenvalue weighted by Crippen LogP contribution is 2.31. The number of rotatable bonds is 8. The summed E-state index contributed by atoms with van der Waals surface area (Å²) in [5.74, 6) is 1.79. The van der Waals surface area contributed by atoms with E-state index in [0.29, 0.717) is 6.61 Å². The Labute approximate surface area is 141 Å². The van der Waals surface area contributed by atoms with Gasteiger partial charge < -0.3 is 19.9 Å². The van der Waals surface area contributed by atoms with Gasteiger partial charge in [0, 0.05) is 19.2 Å². The van der Waals surface area contributed by atoms with E-state index in [1.54, 1.807) is 11.3 Å². The lowest BCUT2D eigenvalue weighted by Crippen LogP contribution is -2.34. The van der Waals surface area contributed by atoms with Crippen LogP contribution in [-0.2, 0) is 13.0 Å². The maximum atomic E-state index is 8.80. The Hall–Kier alpha value is -1.56. The highest BCUT2D eigenvalue weighted by Gasteiger charge is 2.19. The molecule has 5 heteroatoms. The molecule has 2 aromatic rings. The largest absolute Gasteiger partial charge is 0.489 e. The van der Waals surface area contributed by atoms with Crippen LogP contribution in [0.1, 0.15) is 24.0 Å². The van der Waals surface area contributed by atoms with Gasteiger partial charge in [-0.15, -0.1) is 0 Å². The Balaban J connectivity index is 1.54. The molecular formula is C18H23NO3S. The zero-order valence-corrected chi connectivity index (χ0v) is 14.0. The third-order valence-corrected chi connectivity index (χ3v) is 4.67. The number of hydrogen-bond donors (Lipinski definition) is 2. The van der Waals surface area contributed by atoms with Crippen molar-refractivity contribution in [2.45, 2.75) is 32.0 Å². The van der Waals surface area contributed by atoms with Crippen LogP contribution in [0.15, 0.2) is 35.0 Å². The number of aliphatic hydroxyl groups is 1. The van der Waals surface area contributed by atoms with Gasteiger partial charge in [0.25, 0.3) is 0 Å². The van der Waals surface area contributed by atoms with Crippen molar-refractivity contribution in [2.24, 2.45) is 0 Å². The molecule has 1 aromatic carbocycles. The zero-order valence-electron chi connectivity index (χ0n) is 13.2. The summed E-state index contributed by atoms with van der Waals surface area (Å²) in [6, 6.07) is 8.21. The molecule has 0 spiro atoms. The number of aliphatic hydroxyl groups excluding tert-OH is 1. The molecule has 1 atom stereocenters. The molecular weight excluding hydrogens is 310 g/mol. The van der Waals surface area contributed by atoms with Gasteiger partial charge >= 0.3 is 0 Å². The molecule has 23 heavy (non-hydrogen) atoms. The molecule has 1 aliphatic rings. The van der Waals surface area contributed by atoms with Crippen molar-refractivity contribution in [1.29, 1.82) is 0 Å². The van der Waals surface area contributed by atoms with E-state index in [2.05, 4.69) is 28.2 Å². The summed E-state index contributed by atoms with van der Waals surface area (Å²) in [5, 5.41) is 16.3. The molecule has 0 radical (unpaired) electrons. The molecule has 3 rings (SSSR count). The fraction of sp³-hybridized carbons (Fsp3) is 0.444. The first kappa shape index (κ1) is 16.3. The number of fused-ring (bicyclic) bond motifs is 1. The second-order valence-corrected chi connectivity index (χ2v) is 6.53. The number of thiophene rings is 1. The molecule has 1 aromatic heterocycles. The lowest BCUT2D eigenvalue weighted by Gasteiger charge is -2.26. The van der Waals surface area contributed by atoms with Gasteiger partial charge in [-0.05, 0) is 59.8 Å². The molecule has 0 amide bonds. The highest BCUT2D eigenvalue weighted by atomic mass is 32.1. The van der Waals surface area contributed by atoms with Crippen LogP contribution in [0, 0.1) is 0 Å². The van der Waals surface area contributed by atoms with E-state index < -0.39 is 0 Å². The van der Waals surface area contributed by atoms with Crippen molar-refractivity contribution in [3.05, 3.63) is 46.2 Å². The first-order valence-electron chi connectivity index (χ1n) is 8.10. The van der Waals surface area contributed by atoms with Gasteiger partial charge in [-0.2, -0.15) is 11.3 Å². The molecule has 1 unspecified atom stereocenters.